The summed E-state index contributed by atoms with van der Waals surface area (Å²) in [6.45, 7) is 1.51. The molecule has 21 heavy (non-hydrogen) atoms. The summed E-state index contributed by atoms with van der Waals surface area (Å²) in [5.41, 5.74) is 2.16. The van der Waals surface area contributed by atoms with Crippen LogP contribution in [0.1, 0.15) is 11.3 Å². The summed E-state index contributed by atoms with van der Waals surface area (Å²) in [7, 11) is 0. The molecule has 2 rings (SSSR count). The molecule has 2 aromatic rings. The lowest BCUT2D eigenvalue weighted by Crippen LogP contribution is -2.30. The first-order valence-corrected chi connectivity index (χ1v) is 7.06. The molecule has 0 radical (unpaired) electrons. The lowest BCUT2D eigenvalue weighted by molar-refractivity contribution is -0.137. The Bertz CT molecular complexity index is 681. The lowest BCUT2D eigenvalue weighted by atomic mass is 10.1. The van der Waals surface area contributed by atoms with Crippen molar-refractivity contribution in [1.82, 2.24) is 10.3 Å². The second-order valence-corrected chi connectivity index (χ2v) is 5.37. The second kappa shape index (κ2) is 6.36. The molecule has 1 heterocycles. The van der Waals surface area contributed by atoms with Gasteiger partial charge in [0.15, 0.2) is 0 Å². The number of carbonyl (C=O) groups is 2. The molecule has 0 fully saturated rings. The standard InChI is InChI=1S/C14H14N2O4S/c1-8-2-3-11(17)10(4-8)14-16-9(7-21-14)5-12(18)15-6-13(19)20/h2-4,7,17H,5-6H2,1H3,(H,15,18)(H,19,20). The maximum atomic E-state index is 11.5. The zero-order valence-corrected chi connectivity index (χ0v) is 12.1. The summed E-state index contributed by atoms with van der Waals surface area (Å²) < 4.78 is 0. The lowest BCUT2D eigenvalue weighted by Gasteiger charge is -2.02. The van der Waals surface area contributed by atoms with Gasteiger partial charge in [-0.05, 0) is 19.1 Å². The Morgan fingerprint density at radius 2 is 2.14 bits per heavy atom. The van der Waals surface area contributed by atoms with E-state index in [1.807, 2.05) is 13.0 Å². The molecule has 7 heteroatoms. The normalized spacial score (nSPS) is 10.3. The molecule has 0 unspecified atom stereocenters. The first-order chi connectivity index (χ1) is 9.95. The van der Waals surface area contributed by atoms with E-state index in [0.717, 1.165) is 5.56 Å². The molecule has 0 aliphatic carbocycles. The van der Waals surface area contributed by atoms with Crippen LogP contribution in [0.4, 0.5) is 0 Å². The molecule has 0 saturated carbocycles. The van der Waals surface area contributed by atoms with E-state index in [0.29, 0.717) is 16.3 Å². The fraction of sp³-hybridized carbons (Fsp3) is 0.214. The summed E-state index contributed by atoms with van der Waals surface area (Å²) in [5, 5.41) is 22.9. The number of amides is 1. The van der Waals surface area contributed by atoms with Gasteiger partial charge in [-0.3, -0.25) is 9.59 Å². The van der Waals surface area contributed by atoms with Gasteiger partial charge in [0.1, 0.15) is 17.3 Å². The number of nitrogens with one attached hydrogen (secondary N) is 1. The van der Waals surface area contributed by atoms with Crippen LogP contribution in [-0.4, -0.2) is 33.6 Å². The van der Waals surface area contributed by atoms with Gasteiger partial charge in [-0.15, -0.1) is 11.3 Å². The number of hydrogen-bond donors (Lipinski definition) is 3. The number of benzene rings is 1. The fourth-order valence-electron chi connectivity index (χ4n) is 1.73. The molecule has 1 amide bonds. The molecule has 0 aliphatic rings. The maximum absolute atomic E-state index is 11.5. The molecule has 1 aromatic carbocycles. The van der Waals surface area contributed by atoms with Crippen LogP contribution >= 0.6 is 11.3 Å². The number of thiazole rings is 1. The number of phenolic OH excluding ortho intramolecular Hbond substituents is 1. The minimum Gasteiger partial charge on any atom is -0.507 e. The highest BCUT2D eigenvalue weighted by Crippen LogP contribution is 2.32. The van der Waals surface area contributed by atoms with Crippen molar-refractivity contribution in [2.75, 3.05) is 6.54 Å². The first-order valence-electron chi connectivity index (χ1n) is 6.18. The summed E-state index contributed by atoms with van der Waals surface area (Å²) in [6, 6.07) is 5.22. The predicted octanol–water partition coefficient (Wildman–Crippen LogP) is 1.57. The molecule has 0 atom stereocenters. The average Bonchev–Trinajstić information content (AvgIpc) is 2.87. The van der Waals surface area contributed by atoms with E-state index in [1.165, 1.54) is 11.3 Å². The van der Waals surface area contributed by atoms with Crippen LogP contribution in [-0.2, 0) is 16.0 Å². The van der Waals surface area contributed by atoms with Crippen LogP contribution in [0.25, 0.3) is 10.6 Å². The average molecular weight is 306 g/mol. The van der Waals surface area contributed by atoms with E-state index in [-0.39, 0.29) is 12.2 Å². The molecule has 1 aromatic heterocycles. The highest BCUT2D eigenvalue weighted by molar-refractivity contribution is 7.13. The zero-order valence-electron chi connectivity index (χ0n) is 11.3. The number of hydrogen-bond acceptors (Lipinski definition) is 5. The van der Waals surface area contributed by atoms with Crippen molar-refractivity contribution >= 4 is 23.2 Å². The number of carboxylic acids is 1. The molecule has 0 spiro atoms. The summed E-state index contributed by atoms with van der Waals surface area (Å²) in [4.78, 5) is 26.2. The molecule has 0 aliphatic heterocycles. The zero-order chi connectivity index (χ0) is 15.4. The highest BCUT2D eigenvalue weighted by Gasteiger charge is 2.12. The van der Waals surface area contributed by atoms with Crippen molar-refractivity contribution in [3.63, 3.8) is 0 Å². The third-order valence-electron chi connectivity index (χ3n) is 2.71. The smallest absolute Gasteiger partial charge is 0.322 e. The minimum absolute atomic E-state index is 0.0103. The van der Waals surface area contributed by atoms with Crippen LogP contribution < -0.4 is 5.32 Å². The molecule has 3 N–H and O–H groups in total. The van der Waals surface area contributed by atoms with Crippen LogP contribution in [0.2, 0.25) is 0 Å². The van der Waals surface area contributed by atoms with Crippen LogP contribution in [0, 0.1) is 6.92 Å². The van der Waals surface area contributed by atoms with Gasteiger partial charge in [-0.25, -0.2) is 4.98 Å². The summed E-state index contributed by atoms with van der Waals surface area (Å²) in [5.74, 6) is -1.36. The van der Waals surface area contributed by atoms with Crippen molar-refractivity contribution in [3.8, 4) is 16.3 Å². The molecule has 0 saturated heterocycles. The van der Waals surface area contributed by atoms with E-state index in [9.17, 15) is 14.7 Å². The topological polar surface area (TPSA) is 99.5 Å². The number of rotatable bonds is 5. The Labute approximate surface area is 125 Å². The van der Waals surface area contributed by atoms with Crippen LogP contribution in [0.3, 0.4) is 0 Å². The van der Waals surface area contributed by atoms with Gasteiger partial charge in [0.2, 0.25) is 5.91 Å². The molecule has 0 bridgehead atoms. The van der Waals surface area contributed by atoms with Crippen molar-refractivity contribution < 1.29 is 19.8 Å². The Morgan fingerprint density at radius 3 is 2.86 bits per heavy atom. The van der Waals surface area contributed by atoms with Gasteiger partial charge < -0.3 is 15.5 Å². The van der Waals surface area contributed by atoms with Gasteiger partial charge in [0.05, 0.1) is 17.7 Å². The Kier molecular flexibility index (Phi) is 4.54. The minimum atomic E-state index is -1.09. The third kappa shape index (κ3) is 4.03. The number of carboxylic acid groups (broad SMARTS) is 1. The summed E-state index contributed by atoms with van der Waals surface area (Å²) in [6.07, 6.45) is 0.0103. The number of phenols is 1. The molecule has 110 valence electrons. The highest BCUT2D eigenvalue weighted by atomic mass is 32.1. The number of aromatic nitrogens is 1. The van der Waals surface area contributed by atoms with Gasteiger partial charge in [-0.2, -0.15) is 0 Å². The Morgan fingerprint density at radius 1 is 1.38 bits per heavy atom. The number of aromatic hydroxyl groups is 1. The molecular weight excluding hydrogens is 292 g/mol. The van der Waals surface area contributed by atoms with Crippen molar-refractivity contribution in [1.29, 1.82) is 0 Å². The van der Waals surface area contributed by atoms with E-state index in [2.05, 4.69) is 10.3 Å². The second-order valence-electron chi connectivity index (χ2n) is 4.51. The molecule has 6 nitrogen and oxygen atoms in total. The SMILES string of the molecule is Cc1ccc(O)c(-c2nc(CC(=O)NCC(=O)O)cs2)c1. The van der Waals surface area contributed by atoms with Gasteiger partial charge >= 0.3 is 5.97 Å². The van der Waals surface area contributed by atoms with E-state index in [1.54, 1.807) is 17.5 Å². The van der Waals surface area contributed by atoms with Gasteiger partial charge in [0.25, 0.3) is 0 Å². The number of aliphatic carboxylic acids is 1. The van der Waals surface area contributed by atoms with Gasteiger partial charge in [0, 0.05) is 5.38 Å². The predicted molar refractivity (Wildman–Crippen MR) is 78.3 cm³/mol. The van der Waals surface area contributed by atoms with E-state index >= 15 is 0 Å². The largest absolute Gasteiger partial charge is 0.507 e. The Balaban J connectivity index is 2.09. The van der Waals surface area contributed by atoms with Crippen LogP contribution in [0.5, 0.6) is 5.75 Å². The molecular formula is C14H14N2O4S. The number of carbonyl (C=O) groups excluding carboxylic acids is 1. The van der Waals surface area contributed by atoms with Crippen molar-refractivity contribution in [2.45, 2.75) is 13.3 Å². The Hall–Kier alpha value is -2.41. The number of nitrogens with zero attached hydrogens (tertiary/aromatic N) is 1. The van der Waals surface area contributed by atoms with E-state index < -0.39 is 18.4 Å². The van der Waals surface area contributed by atoms with Crippen LogP contribution in [0.15, 0.2) is 23.6 Å². The maximum Gasteiger partial charge on any atom is 0.322 e. The quantitative estimate of drug-likeness (QED) is 0.778. The first kappa shape index (κ1) is 15.0. The summed E-state index contributed by atoms with van der Waals surface area (Å²) >= 11 is 1.32. The number of aryl methyl sites for hydroxylation is 1. The monoisotopic (exact) mass is 306 g/mol. The van der Waals surface area contributed by atoms with Gasteiger partial charge in [-0.1, -0.05) is 11.6 Å². The van der Waals surface area contributed by atoms with Crippen molar-refractivity contribution in [3.05, 3.63) is 34.8 Å². The fourth-order valence-corrected chi connectivity index (χ4v) is 2.58. The van der Waals surface area contributed by atoms with Crippen molar-refractivity contribution in [2.24, 2.45) is 0 Å². The third-order valence-corrected chi connectivity index (χ3v) is 3.64. The van der Waals surface area contributed by atoms with E-state index in [4.69, 9.17) is 5.11 Å².